The van der Waals surface area contributed by atoms with Crippen molar-refractivity contribution in [1.82, 2.24) is 0 Å². The second-order valence-corrected chi connectivity index (χ2v) is 5.56. The van der Waals surface area contributed by atoms with Crippen molar-refractivity contribution in [3.05, 3.63) is 46.5 Å². The fourth-order valence-electron chi connectivity index (χ4n) is 1.42. The van der Waals surface area contributed by atoms with Gasteiger partial charge in [-0.2, -0.15) is 0 Å². The third-order valence-electron chi connectivity index (χ3n) is 2.48. The molecule has 2 nitrogen and oxygen atoms in total. The zero-order valence-corrected chi connectivity index (χ0v) is 13.4. The van der Waals surface area contributed by atoms with Crippen LogP contribution in [0, 0.1) is 0 Å². The highest BCUT2D eigenvalue weighted by Gasteiger charge is 1.96. The van der Waals surface area contributed by atoms with E-state index < -0.39 is 0 Å². The Balaban J connectivity index is 2.28. The highest BCUT2D eigenvalue weighted by molar-refractivity contribution is 6.55. The summed E-state index contributed by atoms with van der Waals surface area (Å²) >= 11 is 11.0. The lowest BCUT2D eigenvalue weighted by Crippen LogP contribution is -1.97. The molecule has 0 aromatic heterocycles. The highest BCUT2D eigenvalue weighted by Crippen LogP contribution is 2.18. The molecule has 1 rings (SSSR count). The number of ether oxygens (including phenoxy) is 2. The summed E-state index contributed by atoms with van der Waals surface area (Å²) in [6, 6.07) is 7.62. The van der Waals surface area contributed by atoms with Gasteiger partial charge in [-0.3, -0.25) is 0 Å². The summed E-state index contributed by atoms with van der Waals surface area (Å²) in [5.41, 5.74) is 1.25. The van der Waals surface area contributed by atoms with Crippen molar-refractivity contribution in [2.75, 3.05) is 13.2 Å². The van der Waals surface area contributed by atoms with E-state index in [1.165, 1.54) is 5.57 Å². The van der Waals surface area contributed by atoms with Crippen LogP contribution >= 0.6 is 23.2 Å². The molecule has 0 atom stereocenters. The topological polar surface area (TPSA) is 18.5 Å². The lowest BCUT2D eigenvalue weighted by molar-refractivity contribution is 0.310. The smallest absolute Gasteiger partial charge is 0.120 e. The summed E-state index contributed by atoms with van der Waals surface area (Å²) in [6.45, 7) is 5.32. The summed E-state index contributed by atoms with van der Waals surface area (Å²) in [7, 11) is 0. The maximum absolute atomic E-state index is 5.60. The standard InChI is InChI=1S/C16H20Cl2O2/c1-13(2)10-12-20-15-8-6-14(7-9-15)19-11-4-3-5-16(17)18/h5-10H,3-4,11-12H2,1-2H3. The number of benzene rings is 1. The molecule has 1 aromatic rings. The molecule has 0 amide bonds. The number of halogens is 2. The van der Waals surface area contributed by atoms with Gasteiger partial charge in [0.05, 0.1) is 6.61 Å². The van der Waals surface area contributed by atoms with Crippen LogP contribution in [-0.2, 0) is 0 Å². The van der Waals surface area contributed by atoms with E-state index in [-0.39, 0.29) is 0 Å². The Hall–Kier alpha value is -1.12. The van der Waals surface area contributed by atoms with Gasteiger partial charge in [0.2, 0.25) is 0 Å². The minimum Gasteiger partial charge on any atom is -0.494 e. The lowest BCUT2D eigenvalue weighted by Gasteiger charge is -2.07. The fraction of sp³-hybridized carbons (Fsp3) is 0.375. The van der Waals surface area contributed by atoms with E-state index in [4.69, 9.17) is 32.7 Å². The maximum atomic E-state index is 5.60. The fourth-order valence-corrected chi connectivity index (χ4v) is 1.64. The van der Waals surface area contributed by atoms with Crippen LogP contribution in [0.3, 0.4) is 0 Å². The molecule has 0 bridgehead atoms. The quantitative estimate of drug-likeness (QED) is 0.465. The Morgan fingerprint density at radius 2 is 1.60 bits per heavy atom. The van der Waals surface area contributed by atoms with Crippen molar-refractivity contribution in [2.24, 2.45) is 0 Å². The average Bonchev–Trinajstić information content (AvgIpc) is 2.39. The molecule has 0 radical (unpaired) electrons. The van der Waals surface area contributed by atoms with E-state index in [9.17, 15) is 0 Å². The van der Waals surface area contributed by atoms with Crippen molar-refractivity contribution in [3.8, 4) is 11.5 Å². The van der Waals surface area contributed by atoms with Crippen molar-refractivity contribution < 1.29 is 9.47 Å². The number of hydrogen-bond acceptors (Lipinski definition) is 2. The predicted molar refractivity (Wildman–Crippen MR) is 85.9 cm³/mol. The first-order chi connectivity index (χ1) is 9.58. The summed E-state index contributed by atoms with van der Waals surface area (Å²) in [5, 5.41) is 0. The Morgan fingerprint density at radius 3 is 2.15 bits per heavy atom. The van der Waals surface area contributed by atoms with E-state index in [0.29, 0.717) is 17.7 Å². The zero-order valence-electron chi connectivity index (χ0n) is 11.9. The number of hydrogen-bond donors (Lipinski definition) is 0. The third-order valence-corrected chi connectivity index (χ3v) is 2.79. The first-order valence-electron chi connectivity index (χ1n) is 6.58. The van der Waals surface area contributed by atoms with Gasteiger partial charge in [-0.1, -0.05) is 34.9 Å². The van der Waals surface area contributed by atoms with Crippen LogP contribution in [-0.4, -0.2) is 13.2 Å². The van der Waals surface area contributed by atoms with Crippen molar-refractivity contribution in [2.45, 2.75) is 26.7 Å². The molecule has 110 valence electrons. The second kappa shape index (κ2) is 9.73. The van der Waals surface area contributed by atoms with Crippen LogP contribution in [0.2, 0.25) is 0 Å². The molecule has 0 heterocycles. The maximum Gasteiger partial charge on any atom is 0.120 e. The molecule has 1 aromatic carbocycles. The first-order valence-corrected chi connectivity index (χ1v) is 7.33. The predicted octanol–water partition coefficient (Wildman–Crippen LogP) is 5.51. The summed E-state index contributed by atoms with van der Waals surface area (Å²) in [4.78, 5) is 0. The van der Waals surface area contributed by atoms with Crippen LogP contribution < -0.4 is 9.47 Å². The molecule has 0 N–H and O–H groups in total. The summed E-state index contributed by atoms with van der Waals surface area (Å²) < 4.78 is 11.5. The molecule has 20 heavy (non-hydrogen) atoms. The normalized spacial score (nSPS) is 9.80. The molecule has 0 unspecified atom stereocenters. The molecule has 4 heteroatoms. The van der Waals surface area contributed by atoms with Gasteiger partial charge >= 0.3 is 0 Å². The van der Waals surface area contributed by atoms with Crippen LogP contribution in [0.1, 0.15) is 26.7 Å². The van der Waals surface area contributed by atoms with E-state index in [0.717, 1.165) is 24.3 Å². The molecule has 0 saturated heterocycles. The average molecular weight is 315 g/mol. The molecule has 0 saturated carbocycles. The van der Waals surface area contributed by atoms with Gasteiger partial charge in [0.15, 0.2) is 0 Å². The van der Waals surface area contributed by atoms with E-state index in [2.05, 4.69) is 0 Å². The van der Waals surface area contributed by atoms with Gasteiger partial charge in [-0.15, -0.1) is 0 Å². The van der Waals surface area contributed by atoms with Gasteiger partial charge in [0.1, 0.15) is 22.6 Å². The first kappa shape index (κ1) is 16.9. The van der Waals surface area contributed by atoms with Crippen LogP contribution in [0.25, 0.3) is 0 Å². The second-order valence-electron chi connectivity index (χ2n) is 4.55. The van der Waals surface area contributed by atoms with Crippen molar-refractivity contribution in [1.29, 1.82) is 0 Å². The lowest BCUT2D eigenvalue weighted by atomic mass is 10.3. The van der Waals surface area contributed by atoms with Crippen LogP contribution in [0.4, 0.5) is 0 Å². The molecule has 0 fully saturated rings. The molecule has 0 aliphatic heterocycles. The Kier molecular flexibility index (Phi) is 8.24. The number of unbranched alkanes of at least 4 members (excludes halogenated alkanes) is 1. The minimum absolute atomic E-state index is 0.308. The third kappa shape index (κ3) is 8.13. The monoisotopic (exact) mass is 314 g/mol. The SMILES string of the molecule is CC(C)=CCOc1ccc(OCCCC=C(Cl)Cl)cc1. The number of allylic oxidation sites excluding steroid dienone is 2. The summed E-state index contributed by atoms with van der Waals surface area (Å²) in [6.07, 6.45) is 5.50. The zero-order chi connectivity index (χ0) is 14.8. The molecule has 0 aliphatic carbocycles. The number of rotatable bonds is 8. The van der Waals surface area contributed by atoms with Gasteiger partial charge in [-0.25, -0.2) is 0 Å². The molecule has 0 aliphatic rings. The van der Waals surface area contributed by atoms with E-state index in [1.54, 1.807) is 6.08 Å². The molecular weight excluding hydrogens is 295 g/mol. The Labute approximate surface area is 131 Å². The molecular formula is C16H20Cl2O2. The minimum atomic E-state index is 0.308. The Bertz CT molecular complexity index is 442. The van der Waals surface area contributed by atoms with Crippen molar-refractivity contribution >= 4 is 23.2 Å². The summed E-state index contributed by atoms with van der Waals surface area (Å²) in [5.74, 6) is 1.67. The largest absolute Gasteiger partial charge is 0.494 e. The van der Waals surface area contributed by atoms with Crippen LogP contribution in [0.15, 0.2) is 46.5 Å². The van der Waals surface area contributed by atoms with Gasteiger partial charge in [0.25, 0.3) is 0 Å². The Morgan fingerprint density at radius 1 is 1.00 bits per heavy atom. The van der Waals surface area contributed by atoms with E-state index in [1.807, 2.05) is 44.2 Å². The van der Waals surface area contributed by atoms with Gasteiger partial charge in [0, 0.05) is 0 Å². The van der Waals surface area contributed by atoms with Gasteiger partial charge in [-0.05, 0) is 57.0 Å². The van der Waals surface area contributed by atoms with Gasteiger partial charge < -0.3 is 9.47 Å². The molecule has 0 spiro atoms. The van der Waals surface area contributed by atoms with E-state index >= 15 is 0 Å². The van der Waals surface area contributed by atoms with Crippen LogP contribution in [0.5, 0.6) is 11.5 Å². The highest BCUT2D eigenvalue weighted by atomic mass is 35.5. The van der Waals surface area contributed by atoms with Crippen molar-refractivity contribution in [3.63, 3.8) is 0 Å².